The van der Waals surface area contributed by atoms with Crippen LogP contribution in [0, 0.1) is 0 Å². The maximum Gasteiger partial charge on any atom is 0.433 e. The lowest BCUT2D eigenvalue weighted by atomic mass is 10.0. The highest BCUT2D eigenvalue weighted by Crippen LogP contribution is 2.28. The maximum atomic E-state index is 12.6. The van der Waals surface area contributed by atoms with Gasteiger partial charge in [0.1, 0.15) is 5.69 Å². The van der Waals surface area contributed by atoms with E-state index in [-0.39, 0.29) is 29.8 Å². The number of nitrogens with zero attached hydrogens (tertiary/aromatic N) is 3. The van der Waals surface area contributed by atoms with E-state index in [1.807, 2.05) is 0 Å². The molecule has 1 aliphatic rings. The lowest BCUT2D eigenvalue weighted by Crippen LogP contribution is -2.38. The number of nitrogens with one attached hydrogen (secondary N) is 2. The van der Waals surface area contributed by atoms with Crippen molar-refractivity contribution in [3.8, 4) is 0 Å². The number of alkyl halides is 3. The molecule has 156 valence electrons. The summed E-state index contributed by atoms with van der Waals surface area (Å²) in [6.45, 7) is 2.64. The van der Waals surface area contributed by atoms with Gasteiger partial charge in [-0.3, -0.25) is 19.7 Å². The monoisotopic (exact) mass is 411 g/mol. The van der Waals surface area contributed by atoms with Crippen LogP contribution in [0.15, 0.2) is 18.3 Å². The van der Waals surface area contributed by atoms with Crippen molar-refractivity contribution in [2.45, 2.75) is 32.1 Å². The average Bonchev–Trinajstić information content (AvgIpc) is 3.10. The molecule has 2 N–H and O–H groups in total. The van der Waals surface area contributed by atoms with Gasteiger partial charge in [-0.25, -0.2) is 0 Å². The molecule has 8 nitrogen and oxygen atoms in total. The predicted octanol–water partition coefficient (Wildman–Crippen LogP) is 1.79. The minimum atomic E-state index is -4.56. The maximum absolute atomic E-state index is 12.6. The molecule has 1 aliphatic heterocycles. The Bertz CT molecular complexity index is 895. The van der Waals surface area contributed by atoms with E-state index in [4.69, 9.17) is 4.74 Å². The van der Waals surface area contributed by atoms with Crippen LogP contribution < -0.4 is 5.32 Å². The van der Waals surface area contributed by atoms with Gasteiger partial charge in [0.2, 0.25) is 0 Å². The van der Waals surface area contributed by atoms with E-state index in [1.165, 1.54) is 12.0 Å². The first-order chi connectivity index (χ1) is 13.7. The molecular formula is C18H20F3N5O3. The quantitative estimate of drug-likeness (QED) is 0.781. The molecule has 11 heteroatoms. The molecule has 0 aromatic carbocycles. The van der Waals surface area contributed by atoms with Crippen molar-refractivity contribution in [3.63, 3.8) is 0 Å². The Morgan fingerprint density at radius 1 is 1.38 bits per heavy atom. The third kappa shape index (κ3) is 4.56. The summed E-state index contributed by atoms with van der Waals surface area (Å²) in [5.74, 6) is -0.773. The van der Waals surface area contributed by atoms with Gasteiger partial charge in [0.15, 0.2) is 5.69 Å². The molecule has 0 spiro atoms. The lowest BCUT2D eigenvalue weighted by Gasteiger charge is -2.27. The number of methoxy groups -OCH3 is 1. The first kappa shape index (κ1) is 20.8. The normalized spacial score (nSPS) is 15.0. The van der Waals surface area contributed by atoms with Crippen LogP contribution >= 0.6 is 0 Å². The first-order valence-corrected chi connectivity index (χ1v) is 8.89. The molecular weight excluding hydrogens is 391 g/mol. The Labute approximate surface area is 164 Å². The van der Waals surface area contributed by atoms with E-state index in [1.54, 1.807) is 6.92 Å². The van der Waals surface area contributed by atoms with E-state index in [9.17, 15) is 22.8 Å². The molecule has 2 aromatic rings. The third-order valence-corrected chi connectivity index (χ3v) is 4.53. The van der Waals surface area contributed by atoms with Gasteiger partial charge in [0, 0.05) is 31.5 Å². The number of carbonyl (C=O) groups is 2. The number of halogens is 3. The number of amides is 2. The van der Waals surface area contributed by atoms with Gasteiger partial charge in [-0.2, -0.15) is 18.3 Å². The molecule has 3 heterocycles. The van der Waals surface area contributed by atoms with Crippen molar-refractivity contribution in [2.24, 2.45) is 0 Å². The van der Waals surface area contributed by atoms with E-state index >= 15 is 0 Å². The average molecular weight is 411 g/mol. The highest BCUT2D eigenvalue weighted by molar-refractivity contribution is 5.95. The zero-order valence-electron chi connectivity index (χ0n) is 15.8. The van der Waals surface area contributed by atoms with Crippen LogP contribution in [0.25, 0.3) is 0 Å². The number of aromatic amines is 1. The Kier molecular flexibility index (Phi) is 5.87. The van der Waals surface area contributed by atoms with Crippen molar-refractivity contribution in [3.05, 3.63) is 46.5 Å². The molecule has 3 rings (SSSR count). The van der Waals surface area contributed by atoms with Crippen molar-refractivity contribution < 1.29 is 27.5 Å². The van der Waals surface area contributed by atoms with Crippen molar-refractivity contribution in [1.29, 1.82) is 0 Å². The zero-order chi connectivity index (χ0) is 21.2. The molecule has 0 aliphatic carbocycles. The standard InChI is InChI=1S/C18H20F3N5O3/c1-10(9-29-2)23-16(27)15-12-5-6-26(8-13(12)24-25-15)17(28)11-3-4-14(22-7-11)18(19,20)21/h3-4,7,10H,5-6,8-9H2,1-2H3,(H,23,27)(H,24,25)/t10-/m0/s1. The molecule has 0 radical (unpaired) electrons. The van der Waals surface area contributed by atoms with E-state index in [0.717, 1.165) is 23.9 Å². The van der Waals surface area contributed by atoms with Crippen LogP contribution in [-0.2, 0) is 23.9 Å². The van der Waals surface area contributed by atoms with E-state index < -0.39 is 17.8 Å². The fraction of sp³-hybridized carbons (Fsp3) is 0.444. The summed E-state index contributed by atoms with van der Waals surface area (Å²) < 4.78 is 42.9. The third-order valence-electron chi connectivity index (χ3n) is 4.53. The highest BCUT2D eigenvalue weighted by Gasteiger charge is 2.33. The minimum absolute atomic E-state index is 0.0623. The molecule has 0 unspecified atom stereocenters. The summed E-state index contributed by atoms with van der Waals surface area (Å²) in [7, 11) is 1.54. The molecule has 2 aromatic heterocycles. The van der Waals surface area contributed by atoms with Crippen LogP contribution in [0.5, 0.6) is 0 Å². The van der Waals surface area contributed by atoms with Crippen molar-refractivity contribution in [2.75, 3.05) is 20.3 Å². The molecule has 0 fully saturated rings. The largest absolute Gasteiger partial charge is 0.433 e. The van der Waals surface area contributed by atoms with Gasteiger partial charge >= 0.3 is 6.18 Å². The number of rotatable bonds is 5. The zero-order valence-corrected chi connectivity index (χ0v) is 15.8. The molecule has 29 heavy (non-hydrogen) atoms. The fourth-order valence-electron chi connectivity index (χ4n) is 3.13. The second kappa shape index (κ2) is 8.19. The number of hydrogen-bond acceptors (Lipinski definition) is 5. The topological polar surface area (TPSA) is 100 Å². The number of pyridine rings is 1. The SMILES string of the molecule is COC[C@H](C)NC(=O)c1n[nH]c2c1CCN(C(=O)c1ccc(C(F)(F)F)nc1)C2. The van der Waals surface area contributed by atoms with Crippen LogP contribution in [0.3, 0.4) is 0 Å². The van der Waals surface area contributed by atoms with Gasteiger partial charge in [-0.05, 0) is 25.5 Å². The molecule has 0 bridgehead atoms. The number of aromatic nitrogens is 3. The molecule has 0 saturated heterocycles. The molecule has 0 saturated carbocycles. The van der Waals surface area contributed by atoms with Gasteiger partial charge in [-0.15, -0.1) is 0 Å². The number of ether oxygens (including phenoxy) is 1. The summed E-state index contributed by atoms with van der Waals surface area (Å²) in [5, 5.41) is 9.62. The number of hydrogen-bond donors (Lipinski definition) is 2. The van der Waals surface area contributed by atoms with Gasteiger partial charge in [0.05, 0.1) is 24.4 Å². The Balaban J connectivity index is 1.69. The first-order valence-electron chi connectivity index (χ1n) is 8.89. The summed E-state index contributed by atoms with van der Waals surface area (Å²) in [5.41, 5.74) is 0.621. The number of carbonyl (C=O) groups excluding carboxylic acids is 2. The van der Waals surface area contributed by atoms with Crippen molar-refractivity contribution in [1.82, 2.24) is 25.4 Å². The second-order valence-electron chi connectivity index (χ2n) is 6.77. The Morgan fingerprint density at radius 2 is 2.14 bits per heavy atom. The predicted molar refractivity (Wildman–Crippen MR) is 95.1 cm³/mol. The van der Waals surface area contributed by atoms with Crippen LogP contribution in [0.2, 0.25) is 0 Å². The Morgan fingerprint density at radius 3 is 2.76 bits per heavy atom. The molecule has 1 atom stereocenters. The summed E-state index contributed by atoms with van der Waals surface area (Å²) in [6.07, 6.45) is -3.24. The van der Waals surface area contributed by atoms with Crippen molar-refractivity contribution >= 4 is 11.8 Å². The van der Waals surface area contributed by atoms with Gasteiger partial charge < -0.3 is 15.0 Å². The Hall–Kier alpha value is -2.95. The van der Waals surface area contributed by atoms with E-state index in [0.29, 0.717) is 25.3 Å². The number of H-pyrrole nitrogens is 1. The highest BCUT2D eigenvalue weighted by atomic mass is 19.4. The van der Waals surface area contributed by atoms with Gasteiger partial charge in [0.25, 0.3) is 11.8 Å². The summed E-state index contributed by atoms with van der Waals surface area (Å²) >= 11 is 0. The smallest absolute Gasteiger partial charge is 0.383 e. The summed E-state index contributed by atoms with van der Waals surface area (Å²) in [6, 6.07) is 1.70. The van der Waals surface area contributed by atoms with Crippen LogP contribution in [-0.4, -0.2) is 58.2 Å². The lowest BCUT2D eigenvalue weighted by molar-refractivity contribution is -0.141. The van der Waals surface area contributed by atoms with E-state index in [2.05, 4.69) is 20.5 Å². The van der Waals surface area contributed by atoms with Crippen LogP contribution in [0.1, 0.15) is 44.7 Å². The summed E-state index contributed by atoms with van der Waals surface area (Å²) in [4.78, 5) is 29.8. The molecule has 2 amide bonds. The number of fused-ring (bicyclic) bond motifs is 1. The van der Waals surface area contributed by atoms with Gasteiger partial charge in [-0.1, -0.05) is 0 Å². The second-order valence-corrected chi connectivity index (χ2v) is 6.77. The minimum Gasteiger partial charge on any atom is -0.383 e. The fourth-order valence-corrected chi connectivity index (χ4v) is 3.13. The van der Waals surface area contributed by atoms with Crippen LogP contribution in [0.4, 0.5) is 13.2 Å².